The van der Waals surface area contributed by atoms with Gasteiger partial charge in [0, 0.05) is 64.6 Å². The SMILES string of the molecule is CC(C)(C)OC(=O)NC1CCC(OS(C)(=O)=O)CC1.CC(C)(C)OC(=O)NC1CCC(Oc2cc(N3CCOCC3)cc3ncnc(C#N)c23)CC1.N#Cc1ncnc2cc(N3CCOCC3)cc(O)c12.[HH].[HH]. The summed E-state index contributed by atoms with van der Waals surface area (Å²) in [5.74, 6) is 0.672. The Balaban J connectivity index is 0.000000249. The fourth-order valence-corrected chi connectivity index (χ4v) is 9.26. The number of phenolic OH excluding ortho intramolecular Hbond substituents is 1. The van der Waals surface area contributed by atoms with Crippen molar-refractivity contribution in [2.24, 2.45) is 0 Å². The zero-order chi connectivity index (χ0) is 51.3. The number of aromatic hydroxyl groups is 1. The van der Waals surface area contributed by atoms with Gasteiger partial charge in [0.05, 0.1) is 66.7 Å². The van der Waals surface area contributed by atoms with Crippen LogP contribution in [0.4, 0.5) is 21.0 Å². The second-order valence-corrected chi connectivity index (χ2v) is 21.3. The van der Waals surface area contributed by atoms with Crippen LogP contribution in [0, 0.1) is 22.7 Å². The summed E-state index contributed by atoms with van der Waals surface area (Å²) in [6.07, 6.45) is 8.51. The first-order valence-electron chi connectivity index (χ1n) is 23.9. The lowest BCUT2D eigenvalue weighted by atomic mass is 9.93. The van der Waals surface area contributed by atoms with Crippen LogP contribution in [0.15, 0.2) is 36.9 Å². The van der Waals surface area contributed by atoms with Gasteiger partial charge in [-0.05, 0) is 105 Å². The highest BCUT2D eigenvalue weighted by molar-refractivity contribution is 7.86. The van der Waals surface area contributed by atoms with Gasteiger partial charge in [-0.25, -0.2) is 29.5 Å². The van der Waals surface area contributed by atoms with Crippen molar-refractivity contribution in [3.8, 4) is 23.6 Å². The number of rotatable bonds is 8. The first-order valence-corrected chi connectivity index (χ1v) is 25.7. The normalized spacial score (nSPS) is 20.7. The predicted molar refractivity (Wildman–Crippen MR) is 268 cm³/mol. The first-order chi connectivity index (χ1) is 33.7. The number of nitriles is 2. The molecule has 2 aliphatic carbocycles. The highest BCUT2D eigenvalue weighted by atomic mass is 32.2. The van der Waals surface area contributed by atoms with Crippen molar-refractivity contribution in [2.45, 2.75) is 128 Å². The van der Waals surface area contributed by atoms with E-state index in [1.54, 1.807) is 6.07 Å². The van der Waals surface area contributed by atoms with Gasteiger partial charge in [0.25, 0.3) is 10.1 Å². The molecular formula is C49H70N10O11S. The number of aromatic nitrogens is 4. The van der Waals surface area contributed by atoms with Gasteiger partial charge in [-0.1, -0.05) is 0 Å². The van der Waals surface area contributed by atoms with Crippen molar-refractivity contribution in [3.05, 3.63) is 48.3 Å². The van der Waals surface area contributed by atoms with Gasteiger partial charge in [-0.3, -0.25) is 4.18 Å². The van der Waals surface area contributed by atoms with Crippen LogP contribution in [-0.4, -0.2) is 140 Å². The van der Waals surface area contributed by atoms with Crippen molar-refractivity contribution >= 4 is 55.5 Å². The van der Waals surface area contributed by atoms with Gasteiger partial charge in [0.2, 0.25) is 0 Å². The van der Waals surface area contributed by atoms with E-state index in [4.69, 9.17) is 33.1 Å². The quantitative estimate of drug-likeness (QED) is 0.152. The monoisotopic (exact) mass is 1010 g/mol. The maximum Gasteiger partial charge on any atom is 0.407 e. The van der Waals surface area contributed by atoms with E-state index in [1.807, 2.05) is 65.8 Å². The molecule has 4 aliphatic rings. The number of hydrogen-bond donors (Lipinski definition) is 3. The Bertz CT molecular complexity index is 2670. The molecule has 2 amide bonds. The van der Waals surface area contributed by atoms with Gasteiger partial charge >= 0.3 is 12.2 Å². The Morgan fingerprint density at radius 3 is 1.54 bits per heavy atom. The number of amides is 2. The summed E-state index contributed by atoms with van der Waals surface area (Å²) in [6, 6.07) is 11.7. The summed E-state index contributed by atoms with van der Waals surface area (Å²) in [5, 5.41) is 35.5. The molecule has 21 nitrogen and oxygen atoms in total. The summed E-state index contributed by atoms with van der Waals surface area (Å²) in [5.41, 5.74) is 2.63. The van der Waals surface area contributed by atoms with Crippen molar-refractivity contribution in [1.29, 1.82) is 10.5 Å². The van der Waals surface area contributed by atoms with Crippen LogP contribution in [0.25, 0.3) is 21.8 Å². The summed E-state index contributed by atoms with van der Waals surface area (Å²) in [7, 11) is -3.40. The molecule has 4 heterocycles. The number of fused-ring (bicyclic) bond motifs is 2. The number of phenols is 1. The Morgan fingerprint density at radius 1 is 0.676 bits per heavy atom. The van der Waals surface area contributed by atoms with E-state index in [1.165, 1.54) is 12.7 Å². The van der Waals surface area contributed by atoms with Gasteiger partial charge in [-0.15, -0.1) is 0 Å². The lowest BCUT2D eigenvalue weighted by Gasteiger charge is -2.32. The zero-order valence-electron chi connectivity index (χ0n) is 41.6. The molecule has 0 atom stereocenters. The summed E-state index contributed by atoms with van der Waals surface area (Å²) < 4.78 is 54.7. The van der Waals surface area contributed by atoms with Crippen LogP contribution < -0.4 is 25.2 Å². The second kappa shape index (κ2) is 24.2. The highest BCUT2D eigenvalue weighted by Gasteiger charge is 2.29. The Kier molecular flexibility index (Phi) is 18.4. The van der Waals surface area contributed by atoms with E-state index in [9.17, 15) is 28.4 Å². The Hall–Kier alpha value is -6.33. The molecule has 2 saturated carbocycles. The van der Waals surface area contributed by atoms with Crippen LogP contribution in [0.3, 0.4) is 0 Å². The summed E-state index contributed by atoms with van der Waals surface area (Å²) >= 11 is 0. The molecule has 8 rings (SSSR count). The molecule has 2 aliphatic heterocycles. The minimum absolute atomic E-state index is 0. The molecular weight excluding hydrogens is 937 g/mol. The fraction of sp³-hybridized carbons (Fsp3) is 0.592. The summed E-state index contributed by atoms with van der Waals surface area (Å²) in [4.78, 5) is 44.6. The minimum Gasteiger partial charge on any atom is -0.507 e. The second-order valence-electron chi connectivity index (χ2n) is 19.7. The van der Waals surface area contributed by atoms with E-state index in [-0.39, 0.29) is 44.7 Å². The molecule has 2 saturated heterocycles. The number of alkyl carbamates (subject to hydrolysis) is 2. The first kappa shape index (κ1) is 54.0. The molecule has 3 N–H and O–H groups in total. The van der Waals surface area contributed by atoms with Gasteiger partial charge in [0.1, 0.15) is 47.5 Å². The molecule has 71 heavy (non-hydrogen) atoms. The maximum absolute atomic E-state index is 12.1. The van der Waals surface area contributed by atoms with Crippen molar-refractivity contribution < 1.29 is 53.8 Å². The number of anilines is 2. The predicted octanol–water partition coefficient (Wildman–Crippen LogP) is 6.89. The number of carbonyl (C=O) groups is 2. The molecule has 388 valence electrons. The van der Waals surface area contributed by atoms with E-state index >= 15 is 0 Å². The van der Waals surface area contributed by atoms with Crippen LogP contribution in [-0.2, 0) is 33.2 Å². The average molecular weight is 1010 g/mol. The number of ether oxygens (including phenoxy) is 5. The molecule has 0 spiro atoms. The molecule has 2 aromatic carbocycles. The third kappa shape index (κ3) is 16.6. The smallest absolute Gasteiger partial charge is 0.407 e. The number of nitrogens with one attached hydrogen (secondary N) is 2. The lowest BCUT2D eigenvalue weighted by Crippen LogP contribution is -2.42. The van der Waals surface area contributed by atoms with Crippen LogP contribution in [0.1, 0.15) is 107 Å². The Labute approximate surface area is 418 Å². The Morgan fingerprint density at radius 2 is 1.10 bits per heavy atom. The number of benzene rings is 2. The van der Waals surface area contributed by atoms with Crippen molar-refractivity contribution in [2.75, 3.05) is 68.7 Å². The third-order valence-corrected chi connectivity index (χ3v) is 12.4. The number of carbonyl (C=O) groups excluding carboxylic acids is 2. The van der Waals surface area contributed by atoms with Crippen LogP contribution in [0.2, 0.25) is 0 Å². The third-order valence-electron chi connectivity index (χ3n) is 11.7. The lowest BCUT2D eigenvalue weighted by molar-refractivity contribution is 0.0461. The maximum atomic E-state index is 12.1. The van der Waals surface area contributed by atoms with E-state index in [0.29, 0.717) is 85.4 Å². The minimum atomic E-state index is -3.40. The molecule has 0 unspecified atom stereocenters. The molecule has 22 heteroatoms. The number of morpholine rings is 2. The topological polar surface area (TPSA) is 274 Å². The number of hydrogen-bond acceptors (Lipinski definition) is 19. The van der Waals surface area contributed by atoms with Gasteiger partial charge in [0.15, 0.2) is 11.4 Å². The van der Waals surface area contributed by atoms with Crippen molar-refractivity contribution in [3.63, 3.8) is 0 Å². The fourth-order valence-electron chi connectivity index (χ4n) is 8.57. The van der Waals surface area contributed by atoms with E-state index in [0.717, 1.165) is 69.5 Å². The number of nitrogens with zero attached hydrogens (tertiary/aromatic N) is 8. The van der Waals surface area contributed by atoms with Gasteiger partial charge < -0.3 is 49.2 Å². The van der Waals surface area contributed by atoms with Crippen molar-refractivity contribution in [1.82, 2.24) is 30.6 Å². The molecule has 0 bridgehead atoms. The van der Waals surface area contributed by atoms with Crippen LogP contribution >= 0.6 is 0 Å². The van der Waals surface area contributed by atoms with Crippen LogP contribution in [0.5, 0.6) is 11.5 Å². The van der Waals surface area contributed by atoms with E-state index < -0.39 is 27.4 Å². The molecule has 2 aromatic heterocycles. The standard InChI is InChI=1S/C24H31N5O4.C13H12N4O2.C12H23NO5S.2H2/c1-24(2,3)33-23(30)28-16-4-6-18(7-5-16)32-21-13-17(29-8-10-31-11-9-29)12-19-22(21)20(14-25)27-15-26-19;14-7-11-13-10(15-8-16-11)5-9(6-12(13)18)17-1-3-19-4-2-17;1-12(2,3)17-11(14)13-9-5-7-10(8-6-9)18-19(4,15)16;;/h12-13,15-16,18H,4-11H2,1-3H3,(H,28,30);5-6,8,18H,1-4H2;9-10H,5-8H2,1-4H3,(H,13,14);2*1H. The van der Waals surface area contributed by atoms with Gasteiger partial charge in [-0.2, -0.15) is 18.9 Å². The summed E-state index contributed by atoms with van der Waals surface area (Å²) in [6.45, 7) is 16.8. The molecule has 0 radical (unpaired) electrons. The van der Waals surface area contributed by atoms with E-state index in [2.05, 4.69) is 46.4 Å². The zero-order valence-corrected chi connectivity index (χ0v) is 42.4. The molecule has 4 aromatic rings. The molecule has 4 fully saturated rings. The average Bonchev–Trinajstić information content (AvgIpc) is 3.31. The highest BCUT2D eigenvalue weighted by Crippen LogP contribution is 2.36. The largest absolute Gasteiger partial charge is 0.507 e.